The fourth-order valence-corrected chi connectivity index (χ4v) is 1.45. The van der Waals surface area contributed by atoms with E-state index in [1.165, 1.54) is 19.3 Å². The normalized spacial score (nSPS) is 21.1. The molecule has 1 aliphatic rings. The summed E-state index contributed by atoms with van der Waals surface area (Å²) in [7, 11) is 0. The second-order valence-corrected chi connectivity index (χ2v) is 3.54. The quantitative estimate of drug-likeness (QED) is 0.596. The van der Waals surface area contributed by atoms with Crippen molar-refractivity contribution in [3.05, 3.63) is 0 Å². The number of primary amides is 1. The zero-order valence-corrected chi connectivity index (χ0v) is 8.30. The Kier molecular flexibility index (Phi) is 5.29. The van der Waals surface area contributed by atoms with Gasteiger partial charge in [0.1, 0.15) is 6.10 Å². The Bertz CT molecular complexity index is 174. The van der Waals surface area contributed by atoms with Gasteiger partial charge in [-0.05, 0) is 12.3 Å². The van der Waals surface area contributed by atoms with Crippen molar-refractivity contribution >= 4 is 18.3 Å². The number of hydrogen-bond donors (Lipinski definition) is 3. The minimum absolute atomic E-state index is 0. The van der Waals surface area contributed by atoms with Gasteiger partial charge in [-0.25, -0.2) is 0 Å². The van der Waals surface area contributed by atoms with Gasteiger partial charge >= 0.3 is 0 Å². The molecule has 5 N–H and O–H groups in total. The van der Waals surface area contributed by atoms with E-state index in [1.807, 2.05) is 0 Å². The van der Waals surface area contributed by atoms with Crippen molar-refractivity contribution in [3.63, 3.8) is 0 Å². The number of hydrogen-bond acceptors (Lipinski definition) is 3. The molecule has 1 unspecified atom stereocenters. The van der Waals surface area contributed by atoms with Crippen LogP contribution in [0.4, 0.5) is 0 Å². The second kappa shape index (κ2) is 5.42. The molecule has 0 aromatic rings. The summed E-state index contributed by atoms with van der Waals surface area (Å²) in [5, 5.41) is 9.16. The number of aliphatic hydroxyl groups is 1. The lowest BCUT2D eigenvalue weighted by atomic mass is 9.80. The molecule has 1 amide bonds. The molecule has 2 atom stereocenters. The van der Waals surface area contributed by atoms with Crippen molar-refractivity contribution in [1.29, 1.82) is 0 Å². The van der Waals surface area contributed by atoms with Crippen LogP contribution in [-0.4, -0.2) is 23.2 Å². The second-order valence-electron chi connectivity index (χ2n) is 3.54. The van der Waals surface area contributed by atoms with Crippen molar-refractivity contribution in [2.45, 2.75) is 37.8 Å². The van der Waals surface area contributed by atoms with E-state index in [2.05, 4.69) is 0 Å². The SMILES string of the molecule is Cl.NC(=O)C(O)[C@@H](N)CC1CCC1. The van der Waals surface area contributed by atoms with E-state index in [9.17, 15) is 4.79 Å². The standard InChI is InChI=1S/C8H16N2O2.ClH/c9-6(7(11)8(10)12)4-5-2-1-3-5;/h5-7,11H,1-4,9H2,(H2,10,12);1H/t6-,7?;/m0./s1. The number of rotatable bonds is 4. The first-order valence-corrected chi connectivity index (χ1v) is 4.34. The van der Waals surface area contributed by atoms with Crippen LogP contribution in [0, 0.1) is 5.92 Å². The predicted molar refractivity (Wildman–Crippen MR) is 52.4 cm³/mol. The summed E-state index contributed by atoms with van der Waals surface area (Å²) in [4.78, 5) is 10.5. The topological polar surface area (TPSA) is 89.3 Å². The first-order chi connectivity index (χ1) is 5.61. The molecule has 0 heterocycles. The van der Waals surface area contributed by atoms with Gasteiger partial charge in [-0.15, -0.1) is 12.4 Å². The molecule has 1 saturated carbocycles. The Morgan fingerprint density at radius 2 is 2.08 bits per heavy atom. The summed E-state index contributed by atoms with van der Waals surface area (Å²) in [6.45, 7) is 0. The fraction of sp³-hybridized carbons (Fsp3) is 0.875. The first-order valence-electron chi connectivity index (χ1n) is 4.34. The molecule has 0 saturated heterocycles. The number of carbonyl (C=O) groups excluding carboxylic acids is 1. The van der Waals surface area contributed by atoms with Crippen molar-refractivity contribution in [2.75, 3.05) is 0 Å². The minimum Gasteiger partial charge on any atom is -0.382 e. The molecule has 78 valence electrons. The summed E-state index contributed by atoms with van der Waals surface area (Å²) >= 11 is 0. The van der Waals surface area contributed by atoms with Crippen molar-refractivity contribution in [3.8, 4) is 0 Å². The molecule has 5 heteroatoms. The third-order valence-electron chi connectivity index (χ3n) is 2.53. The third kappa shape index (κ3) is 3.50. The third-order valence-corrected chi connectivity index (χ3v) is 2.53. The van der Waals surface area contributed by atoms with E-state index >= 15 is 0 Å². The van der Waals surface area contributed by atoms with Crippen LogP contribution >= 0.6 is 12.4 Å². The number of aliphatic hydroxyl groups excluding tert-OH is 1. The summed E-state index contributed by atoms with van der Waals surface area (Å²) in [6, 6.07) is -0.479. The zero-order chi connectivity index (χ0) is 9.14. The van der Waals surface area contributed by atoms with Crippen LogP contribution in [0.1, 0.15) is 25.7 Å². The summed E-state index contributed by atoms with van der Waals surface area (Å²) in [5.74, 6) is -0.129. The predicted octanol–water partition coefficient (Wildman–Crippen LogP) is -0.228. The van der Waals surface area contributed by atoms with E-state index in [-0.39, 0.29) is 12.4 Å². The van der Waals surface area contributed by atoms with Crippen molar-refractivity contribution in [2.24, 2.45) is 17.4 Å². The van der Waals surface area contributed by atoms with Crippen LogP contribution < -0.4 is 11.5 Å². The number of nitrogens with two attached hydrogens (primary N) is 2. The summed E-state index contributed by atoms with van der Waals surface area (Å²) < 4.78 is 0. The maximum atomic E-state index is 10.5. The molecule has 0 aromatic heterocycles. The monoisotopic (exact) mass is 208 g/mol. The fourth-order valence-electron chi connectivity index (χ4n) is 1.45. The van der Waals surface area contributed by atoms with Gasteiger partial charge in [-0.1, -0.05) is 19.3 Å². The lowest BCUT2D eigenvalue weighted by molar-refractivity contribution is -0.127. The van der Waals surface area contributed by atoms with E-state index < -0.39 is 18.1 Å². The Balaban J connectivity index is 0.00000144. The highest BCUT2D eigenvalue weighted by molar-refractivity contribution is 5.85. The van der Waals surface area contributed by atoms with Crippen molar-refractivity contribution < 1.29 is 9.90 Å². The van der Waals surface area contributed by atoms with Gasteiger partial charge in [0, 0.05) is 6.04 Å². The van der Waals surface area contributed by atoms with Gasteiger partial charge in [0.05, 0.1) is 0 Å². The minimum atomic E-state index is -1.18. The molecule has 1 fully saturated rings. The first kappa shape index (κ1) is 12.7. The van der Waals surface area contributed by atoms with Crippen LogP contribution in [0.2, 0.25) is 0 Å². The molecule has 1 rings (SSSR count). The highest BCUT2D eigenvalue weighted by Gasteiger charge is 2.26. The Hall–Kier alpha value is -0.320. The van der Waals surface area contributed by atoms with Crippen LogP contribution in [-0.2, 0) is 4.79 Å². The van der Waals surface area contributed by atoms with Gasteiger partial charge < -0.3 is 16.6 Å². The molecule has 0 spiro atoms. The average Bonchev–Trinajstić information content (AvgIpc) is 1.94. The Morgan fingerprint density at radius 1 is 1.54 bits per heavy atom. The lowest BCUT2D eigenvalue weighted by Crippen LogP contribution is -2.45. The molecular formula is C8H17ClN2O2. The van der Waals surface area contributed by atoms with E-state index in [0.29, 0.717) is 12.3 Å². The molecule has 0 bridgehead atoms. The Labute approximate surface area is 84.1 Å². The summed E-state index contributed by atoms with van der Waals surface area (Å²) in [6.07, 6.45) is 3.11. The van der Waals surface area contributed by atoms with Gasteiger partial charge in [0.15, 0.2) is 0 Å². The Morgan fingerprint density at radius 3 is 2.38 bits per heavy atom. The zero-order valence-electron chi connectivity index (χ0n) is 7.48. The van der Waals surface area contributed by atoms with E-state index in [4.69, 9.17) is 16.6 Å². The highest BCUT2D eigenvalue weighted by Crippen LogP contribution is 2.30. The van der Waals surface area contributed by atoms with Crippen LogP contribution in [0.25, 0.3) is 0 Å². The van der Waals surface area contributed by atoms with Crippen LogP contribution in [0.3, 0.4) is 0 Å². The van der Waals surface area contributed by atoms with Gasteiger partial charge in [-0.2, -0.15) is 0 Å². The van der Waals surface area contributed by atoms with Gasteiger partial charge in [0.2, 0.25) is 5.91 Å². The molecule has 0 radical (unpaired) electrons. The lowest BCUT2D eigenvalue weighted by Gasteiger charge is -2.29. The van der Waals surface area contributed by atoms with Crippen LogP contribution in [0.5, 0.6) is 0 Å². The van der Waals surface area contributed by atoms with Gasteiger partial charge in [0.25, 0.3) is 0 Å². The molecule has 0 aromatic carbocycles. The van der Waals surface area contributed by atoms with Crippen LogP contribution in [0.15, 0.2) is 0 Å². The number of halogens is 1. The highest BCUT2D eigenvalue weighted by atomic mass is 35.5. The number of carbonyl (C=O) groups is 1. The molecular weight excluding hydrogens is 192 g/mol. The van der Waals surface area contributed by atoms with Crippen molar-refractivity contribution in [1.82, 2.24) is 0 Å². The van der Waals surface area contributed by atoms with Gasteiger partial charge in [-0.3, -0.25) is 4.79 Å². The molecule has 0 aliphatic heterocycles. The van der Waals surface area contributed by atoms with E-state index in [1.54, 1.807) is 0 Å². The maximum Gasteiger partial charge on any atom is 0.247 e. The van der Waals surface area contributed by atoms with E-state index in [0.717, 1.165) is 0 Å². The number of amides is 1. The molecule has 13 heavy (non-hydrogen) atoms. The largest absolute Gasteiger partial charge is 0.382 e. The molecule has 1 aliphatic carbocycles. The summed E-state index contributed by atoms with van der Waals surface area (Å²) in [5.41, 5.74) is 10.5. The maximum absolute atomic E-state index is 10.5. The molecule has 4 nitrogen and oxygen atoms in total. The smallest absolute Gasteiger partial charge is 0.247 e. The average molecular weight is 209 g/mol.